The molecule has 0 N–H and O–H groups in total. The Hall–Kier alpha value is -2.08. The topological polar surface area (TPSA) is 0 Å². The van der Waals surface area contributed by atoms with Crippen LogP contribution in [0.1, 0.15) is 17.5 Å². The standard InChI is InChI=1S/C17H12/c1-2-6-12-8-4-10-14-15-11-5-9-13(7-3-1)17(15)16(12)14/h2-11H,1H2/b6-2-,7-3-. The first-order valence-corrected chi connectivity index (χ1v) is 6.05. The van der Waals surface area contributed by atoms with E-state index in [2.05, 4.69) is 60.7 Å². The molecule has 4 rings (SSSR count). The van der Waals surface area contributed by atoms with E-state index in [1.54, 1.807) is 0 Å². The van der Waals surface area contributed by atoms with Gasteiger partial charge in [0.25, 0.3) is 0 Å². The SMILES string of the molecule is C1=C\c2cccc3c2=c2c(cccc2=3)/C=C\C/1. The molecule has 0 nitrogen and oxygen atoms in total. The van der Waals surface area contributed by atoms with Crippen LogP contribution in [0.4, 0.5) is 0 Å². The van der Waals surface area contributed by atoms with Crippen molar-refractivity contribution in [3.63, 3.8) is 0 Å². The van der Waals surface area contributed by atoms with E-state index in [1.165, 1.54) is 32.0 Å². The van der Waals surface area contributed by atoms with Crippen molar-refractivity contribution in [3.05, 3.63) is 80.6 Å². The third-order valence-electron chi connectivity index (χ3n) is 3.60. The minimum Gasteiger partial charge on any atom is -0.0801 e. The average Bonchev–Trinajstić information content (AvgIpc) is 2.43. The Balaban J connectivity index is 2.34. The molecule has 0 atom stereocenters. The summed E-state index contributed by atoms with van der Waals surface area (Å²) in [6.45, 7) is 0. The quantitative estimate of drug-likeness (QED) is 0.532. The summed E-state index contributed by atoms with van der Waals surface area (Å²) in [6, 6.07) is 13.2. The van der Waals surface area contributed by atoms with Gasteiger partial charge in [0.2, 0.25) is 0 Å². The highest BCUT2D eigenvalue weighted by atomic mass is 14.1. The first-order valence-electron chi connectivity index (χ1n) is 6.05. The van der Waals surface area contributed by atoms with Crippen molar-refractivity contribution in [2.75, 3.05) is 0 Å². The fourth-order valence-corrected chi connectivity index (χ4v) is 2.83. The van der Waals surface area contributed by atoms with Gasteiger partial charge in [-0.3, -0.25) is 0 Å². The summed E-state index contributed by atoms with van der Waals surface area (Å²) in [5.41, 5.74) is 2.71. The molecule has 0 saturated carbocycles. The smallest absolute Gasteiger partial charge is 0.00205 e. The van der Waals surface area contributed by atoms with Crippen LogP contribution in [0.25, 0.3) is 12.2 Å². The molecular weight excluding hydrogens is 204 g/mol. The maximum absolute atomic E-state index is 2.24. The molecule has 0 aliphatic heterocycles. The summed E-state index contributed by atoms with van der Waals surface area (Å²) < 4.78 is 0. The van der Waals surface area contributed by atoms with Gasteiger partial charge in [-0.05, 0) is 38.4 Å². The predicted octanol–water partition coefficient (Wildman–Crippen LogP) is 4.00. The van der Waals surface area contributed by atoms with Gasteiger partial charge in [0.05, 0.1) is 0 Å². The first-order chi connectivity index (χ1) is 8.45. The van der Waals surface area contributed by atoms with Crippen LogP contribution in [0.5, 0.6) is 0 Å². The molecule has 0 bridgehead atoms. The van der Waals surface area contributed by atoms with Crippen molar-refractivity contribution in [1.29, 1.82) is 0 Å². The van der Waals surface area contributed by atoms with E-state index >= 15 is 0 Å². The highest BCUT2D eigenvalue weighted by Crippen LogP contribution is 2.22. The maximum Gasteiger partial charge on any atom is -0.00205 e. The Labute approximate surface area is 99.5 Å². The fraction of sp³-hybridized carbons (Fsp3) is 0.0588. The molecule has 0 amide bonds. The van der Waals surface area contributed by atoms with Gasteiger partial charge < -0.3 is 0 Å². The van der Waals surface area contributed by atoms with E-state index in [1.807, 2.05) is 0 Å². The molecule has 0 unspecified atom stereocenters. The molecular formula is C17H12. The molecule has 17 heavy (non-hydrogen) atoms. The number of rotatable bonds is 0. The summed E-state index contributed by atoms with van der Waals surface area (Å²) in [5, 5.41) is 5.67. The summed E-state index contributed by atoms with van der Waals surface area (Å²) in [4.78, 5) is 0. The zero-order chi connectivity index (χ0) is 11.2. The van der Waals surface area contributed by atoms with Gasteiger partial charge in [-0.2, -0.15) is 0 Å². The lowest BCUT2D eigenvalue weighted by atomic mass is 9.94. The lowest BCUT2D eigenvalue weighted by Crippen LogP contribution is -1.96. The van der Waals surface area contributed by atoms with Crippen LogP contribution < -0.4 is 0 Å². The molecule has 2 aromatic carbocycles. The van der Waals surface area contributed by atoms with E-state index in [-0.39, 0.29) is 0 Å². The molecule has 0 fully saturated rings. The minimum atomic E-state index is 1.01. The zero-order valence-electron chi connectivity index (χ0n) is 9.48. The van der Waals surface area contributed by atoms with E-state index < -0.39 is 0 Å². The summed E-state index contributed by atoms with van der Waals surface area (Å²) in [6.07, 6.45) is 9.96. The third-order valence-corrected chi connectivity index (χ3v) is 3.60. The van der Waals surface area contributed by atoms with Crippen LogP contribution in [-0.4, -0.2) is 0 Å². The first kappa shape index (κ1) is 9.00. The normalized spacial score (nSPS) is 18.1. The maximum atomic E-state index is 2.24. The Morgan fingerprint density at radius 3 is 1.71 bits per heavy atom. The molecule has 2 aliphatic rings. The van der Waals surface area contributed by atoms with E-state index in [0.717, 1.165) is 6.42 Å². The van der Waals surface area contributed by atoms with Crippen LogP contribution in [0.15, 0.2) is 48.6 Å². The Kier molecular flexibility index (Phi) is 1.70. The molecule has 0 radical (unpaired) electrons. The van der Waals surface area contributed by atoms with Crippen molar-refractivity contribution < 1.29 is 0 Å². The van der Waals surface area contributed by atoms with Crippen molar-refractivity contribution in [2.45, 2.75) is 6.42 Å². The van der Waals surface area contributed by atoms with E-state index in [0.29, 0.717) is 0 Å². The van der Waals surface area contributed by atoms with Crippen LogP contribution in [0.3, 0.4) is 0 Å². The molecule has 0 saturated heterocycles. The van der Waals surface area contributed by atoms with Crippen LogP contribution >= 0.6 is 0 Å². The molecule has 2 aliphatic carbocycles. The van der Waals surface area contributed by atoms with Gasteiger partial charge in [0, 0.05) is 0 Å². The number of hydrogen-bond donors (Lipinski definition) is 0. The highest BCUT2D eigenvalue weighted by Gasteiger charge is 2.08. The van der Waals surface area contributed by atoms with Crippen molar-refractivity contribution in [3.8, 4) is 0 Å². The van der Waals surface area contributed by atoms with Gasteiger partial charge >= 0.3 is 0 Å². The molecule has 0 aromatic heterocycles. The second-order valence-corrected chi connectivity index (χ2v) is 4.58. The second-order valence-electron chi connectivity index (χ2n) is 4.58. The van der Waals surface area contributed by atoms with Gasteiger partial charge in [0.1, 0.15) is 0 Å². The van der Waals surface area contributed by atoms with Crippen molar-refractivity contribution in [1.82, 2.24) is 0 Å². The van der Waals surface area contributed by atoms with Gasteiger partial charge in [-0.25, -0.2) is 0 Å². The van der Waals surface area contributed by atoms with E-state index in [4.69, 9.17) is 0 Å². The number of allylic oxidation sites excluding steroid dienone is 2. The number of hydrogen-bond acceptors (Lipinski definition) is 0. The zero-order valence-corrected chi connectivity index (χ0v) is 9.48. The van der Waals surface area contributed by atoms with Gasteiger partial charge in [-0.1, -0.05) is 60.7 Å². The largest absolute Gasteiger partial charge is 0.0801 e. The van der Waals surface area contributed by atoms with Gasteiger partial charge in [0.15, 0.2) is 0 Å². The van der Waals surface area contributed by atoms with E-state index in [9.17, 15) is 0 Å². The van der Waals surface area contributed by atoms with Crippen molar-refractivity contribution in [2.24, 2.45) is 0 Å². The van der Waals surface area contributed by atoms with Crippen LogP contribution in [0.2, 0.25) is 0 Å². The van der Waals surface area contributed by atoms with Crippen LogP contribution in [-0.2, 0) is 0 Å². The molecule has 2 aromatic rings. The summed E-state index contributed by atoms with van der Waals surface area (Å²) >= 11 is 0. The Morgan fingerprint density at radius 2 is 1.18 bits per heavy atom. The second kappa shape index (κ2) is 3.21. The van der Waals surface area contributed by atoms with Crippen molar-refractivity contribution >= 4 is 12.2 Å². The molecule has 0 heteroatoms. The lowest BCUT2D eigenvalue weighted by molar-refractivity contribution is 1.26. The molecule has 0 spiro atoms. The van der Waals surface area contributed by atoms with Crippen LogP contribution in [0, 0.1) is 20.9 Å². The summed E-state index contributed by atoms with van der Waals surface area (Å²) in [7, 11) is 0. The molecule has 0 heterocycles. The lowest BCUT2D eigenvalue weighted by Gasteiger charge is -2.09. The highest BCUT2D eigenvalue weighted by molar-refractivity contribution is 5.60. The molecule has 80 valence electrons. The van der Waals surface area contributed by atoms with Gasteiger partial charge in [-0.15, -0.1) is 0 Å². The number of benzene rings is 2. The summed E-state index contributed by atoms with van der Waals surface area (Å²) in [5.74, 6) is 0. The fourth-order valence-electron chi connectivity index (χ4n) is 2.83. The monoisotopic (exact) mass is 216 g/mol. The Morgan fingerprint density at radius 1 is 0.647 bits per heavy atom. The predicted molar refractivity (Wildman–Crippen MR) is 70.9 cm³/mol. The minimum absolute atomic E-state index is 1.01. The Bertz CT molecular complexity index is 780. The average molecular weight is 216 g/mol. The third kappa shape index (κ3) is 1.13.